The zero-order valence-corrected chi connectivity index (χ0v) is 11.8. The van der Waals surface area contributed by atoms with E-state index in [1.165, 1.54) is 12.8 Å². The molecule has 2 nitrogen and oxygen atoms in total. The molecule has 100 valence electrons. The van der Waals surface area contributed by atoms with Gasteiger partial charge in [0.1, 0.15) is 0 Å². The molecule has 0 aliphatic carbocycles. The SMILES string of the molecule is C=C(CCCC(C)C)C(=O)OCCCCCC. The van der Waals surface area contributed by atoms with Gasteiger partial charge in [-0.25, -0.2) is 4.79 Å². The number of esters is 1. The normalized spacial score (nSPS) is 10.6. The van der Waals surface area contributed by atoms with E-state index < -0.39 is 0 Å². The van der Waals surface area contributed by atoms with Crippen molar-refractivity contribution in [1.82, 2.24) is 0 Å². The van der Waals surface area contributed by atoms with E-state index in [0.29, 0.717) is 18.1 Å². The van der Waals surface area contributed by atoms with Gasteiger partial charge in [0, 0.05) is 5.57 Å². The summed E-state index contributed by atoms with van der Waals surface area (Å²) in [5.74, 6) is 0.484. The Kier molecular flexibility index (Phi) is 9.89. The van der Waals surface area contributed by atoms with Gasteiger partial charge in [-0.15, -0.1) is 0 Å². The Labute approximate surface area is 106 Å². The molecule has 0 spiro atoms. The first-order valence-electron chi connectivity index (χ1n) is 6.92. The molecule has 0 bridgehead atoms. The lowest BCUT2D eigenvalue weighted by Crippen LogP contribution is -2.08. The Morgan fingerprint density at radius 1 is 1.18 bits per heavy atom. The summed E-state index contributed by atoms with van der Waals surface area (Å²) in [4.78, 5) is 11.5. The molecule has 0 N–H and O–H groups in total. The topological polar surface area (TPSA) is 26.3 Å². The van der Waals surface area contributed by atoms with Crippen LogP contribution in [0.1, 0.15) is 65.7 Å². The van der Waals surface area contributed by atoms with Crippen LogP contribution >= 0.6 is 0 Å². The van der Waals surface area contributed by atoms with Crippen molar-refractivity contribution in [2.45, 2.75) is 65.7 Å². The van der Waals surface area contributed by atoms with Crippen molar-refractivity contribution in [2.75, 3.05) is 6.61 Å². The fraction of sp³-hybridized carbons (Fsp3) is 0.800. The highest BCUT2D eigenvalue weighted by Crippen LogP contribution is 2.12. The van der Waals surface area contributed by atoms with Gasteiger partial charge < -0.3 is 4.74 Å². The van der Waals surface area contributed by atoms with Gasteiger partial charge in [0.2, 0.25) is 0 Å². The molecular formula is C15H28O2. The van der Waals surface area contributed by atoms with Crippen LogP contribution in [0.15, 0.2) is 12.2 Å². The van der Waals surface area contributed by atoms with Crippen LogP contribution in [-0.4, -0.2) is 12.6 Å². The first-order chi connectivity index (χ1) is 8.07. The summed E-state index contributed by atoms with van der Waals surface area (Å²) in [6.45, 7) is 10.9. The molecule has 0 rings (SSSR count). The standard InChI is InChI=1S/C15H28O2/c1-5-6-7-8-12-17-15(16)14(4)11-9-10-13(2)3/h13H,4-12H2,1-3H3. The van der Waals surface area contributed by atoms with Crippen molar-refractivity contribution in [3.8, 4) is 0 Å². The molecule has 0 saturated heterocycles. The monoisotopic (exact) mass is 240 g/mol. The van der Waals surface area contributed by atoms with E-state index in [1.807, 2.05) is 0 Å². The summed E-state index contributed by atoms with van der Waals surface area (Å²) in [7, 11) is 0. The largest absolute Gasteiger partial charge is 0.462 e. The molecule has 0 atom stereocenters. The second kappa shape index (κ2) is 10.4. The smallest absolute Gasteiger partial charge is 0.333 e. The van der Waals surface area contributed by atoms with Crippen molar-refractivity contribution in [2.24, 2.45) is 5.92 Å². The van der Waals surface area contributed by atoms with E-state index in [9.17, 15) is 4.79 Å². The average Bonchev–Trinajstić information content (AvgIpc) is 2.27. The molecule has 0 amide bonds. The van der Waals surface area contributed by atoms with Crippen LogP contribution in [-0.2, 0) is 9.53 Å². The third-order valence-electron chi connectivity index (χ3n) is 2.78. The Balaban J connectivity index is 3.51. The molecule has 0 aromatic heterocycles. The highest BCUT2D eigenvalue weighted by Gasteiger charge is 2.08. The van der Waals surface area contributed by atoms with Gasteiger partial charge in [-0.2, -0.15) is 0 Å². The number of ether oxygens (including phenoxy) is 1. The van der Waals surface area contributed by atoms with Gasteiger partial charge in [-0.3, -0.25) is 0 Å². The maximum Gasteiger partial charge on any atom is 0.333 e. The van der Waals surface area contributed by atoms with Crippen molar-refractivity contribution in [1.29, 1.82) is 0 Å². The van der Waals surface area contributed by atoms with E-state index in [4.69, 9.17) is 4.74 Å². The van der Waals surface area contributed by atoms with Crippen LogP contribution in [0, 0.1) is 5.92 Å². The fourth-order valence-electron chi connectivity index (χ4n) is 1.62. The molecule has 0 fully saturated rings. The number of hydrogen-bond donors (Lipinski definition) is 0. The van der Waals surface area contributed by atoms with Crippen LogP contribution in [0.5, 0.6) is 0 Å². The highest BCUT2D eigenvalue weighted by molar-refractivity contribution is 5.87. The van der Waals surface area contributed by atoms with E-state index in [2.05, 4.69) is 27.4 Å². The van der Waals surface area contributed by atoms with Crippen LogP contribution in [0.4, 0.5) is 0 Å². The highest BCUT2D eigenvalue weighted by atomic mass is 16.5. The molecule has 2 heteroatoms. The number of carbonyl (C=O) groups excluding carboxylic acids is 1. The summed E-state index contributed by atoms with van der Waals surface area (Å²) >= 11 is 0. The van der Waals surface area contributed by atoms with Crippen LogP contribution < -0.4 is 0 Å². The molecule has 0 radical (unpaired) electrons. The molecule has 0 aromatic rings. The lowest BCUT2D eigenvalue weighted by molar-refractivity contribution is -0.139. The van der Waals surface area contributed by atoms with Gasteiger partial charge in [0.25, 0.3) is 0 Å². The fourth-order valence-corrected chi connectivity index (χ4v) is 1.62. The molecule has 17 heavy (non-hydrogen) atoms. The number of carbonyl (C=O) groups is 1. The van der Waals surface area contributed by atoms with Crippen LogP contribution in [0.2, 0.25) is 0 Å². The van der Waals surface area contributed by atoms with E-state index in [1.54, 1.807) is 0 Å². The number of rotatable bonds is 10. The van der Waals surface area contributed by atoms with Crippen molar-refractivity contribution >= 4 is 5.97 Å². The third kappa shape index (κ3) is 10.1. The lowest BCUT2D eigenvalue weighted by Gasteiger charge is -2.08. The van der Waals surface area contributed by atoms with Gasteiger partial charge >= 0.3 is 5.97 Å². The molecular weight excluding hydrogens is 212 g/mol. The summed E-state index contributed by atoms with van der Waals surface area (Å²) in [6.07, 6.45) is 7.47. The third-order valence-corrected chi connectivity index (χ3v) is 2.78. The Hall–Kier alpha value is -0.790. The van der Waals surface area contributed by atoms with Gasteiger partial charge in [-0.05, 0) is 25.2 Å². The maximum atomic E-state index is 11.5. The lowest BCUT2D eigenvalue weighted by atomic mass is 10.0. The first-order valence-corrected chi connectivity index (χ1v) is 6.92. The van der Waals surface area contributed by atoms with E-state index in [0.717, 1.165) is 32.1 Å². The molecule has 0 aromatic carbocycles. The zero-order chi connectivity index (χ0) is 13.1. The van der Waals surface area contributed by atoms with Crippen molar-refractivity contribution in [3.05, 3.63) is 12.2 Å². The Morgan fingerprint density at radius 3 is 2.47 bits per heavy atom. The van der Waals surface area contributed by atoms with Crippen LogP contribution in [0.3, 0.4) is 0 Å². The molecule has 0 heterocycles. The predicted octanol–water partition coefficient (Wildman–Crippen LogP) is 4.49. The molecule has 0 unspecified atom stereocenters. The van der Waals surface area contributed by atoms with Gasteiger partial charge in [0.15, 0.2) is 0 Å². The van der Waals surface area contributed by atoms with Crippen molar-refractivity contribution < 1.29 is 9.53 Å². The second-order valence-electron chi connectivity index (χ2n) is 5.09. The van der Waals surface area contributed by atoms with E-state index >= 15 is 0 Å². The quantitative estimate of drug-likeness (QED) is 0.319. The minimum Gasteiger partial charge on any atom is -0.462 e. The Bertz CT molecular complexity index is 219. The number of hydrogen-bond acceptors (Lipinski definition) is 2. The van der Waals surface area contributed by atoms with Gasteiger partial charge in [0.05, 0.1) is 6.61 Å². The molecule has 0 aliphatic heterocycles. The summed E-state index contributed by atoms with van der Waals surface area (Å²) in [5, 5.41) is 0. The molecule has 0 saturated carbocycles. The number of unbranched alkanes of at least 4 members (excludes halogenated alkanes) is 3. The minimum atomic E-state index is -0.203. The zero-order valence-electron chi connectivity index (χ0n) is 11.8. The Morgan fingerprint density at radius 2 is 1.88 bits per heavy atom. The van der Waals surface area contributed by atoms with Gasteiger partial charge in [-0.1, -0.05) is 53.0 Å². The van der Waals surface area contributed by atoms with E-state index in [-0.39, 0.29) is 5.97 Å². The average molecular weight is 240 g/mol. The minimum absolute atomic E-state index is 0.203. The summed E-state index contributed by atoms with van der Waals surface area (Å²) in [6, 6.07) is 0. The van der Waals surface area contributed by atoms with Crippen molar-refractivity contribution in [3.63, 3.8) is 0 Å². The molecule has 0 aliphatic rings. The maximum absolute atomic E-state index is 11.5. The first kappa shape index (κ1) is 16.2. The van der Waals surface area contributed by atoms with Crippen LogP contribution in [0.25, 0.3) is 0 Å². The second-order valence-corrected chi connectivity index (χ2v) is 5.09. The summed E-state index contributed by atoms with van der Waals surface area (Å²) < 4.78 is 5.17. The predicted molar refractivity (Wildman–Crippen MR) is 72.9 cm³/mol. The summed E-state index contributed by atoms with van der Waals surface area (Å²) in [5.41, 5.74) is 0.626.